The summed E-state index contributed by atoms with van der Waals surface area (Å²) in [4.78, 5) is 25.3. The van der Waals surface area contributed by atoms with Gasteiger partial charge in [0, 0.05) is 17.0 Å². The molecular weight excluding hydrogens is 579 g/mol. The summed E-state index contributed by atoms with van der Waals surface area (Å²) in [6.07, 6.45) is 21.3. The second-order valence-electron chi connectivity index (χ2n) is 11.2. The number of nitrogens with one attached hydrogen (secondary N) is 1. The third-order valence-electron chi connectivity index (χ3n) is 7.67. The molecule has 1 N–H and O–H groups in total. The third kappa shape index (κ3) is 12.7. The molecule has 1 amide bonds. The summed E-state index contributed by atoms with van der Waals surface area (Å²) < 4.78 is 5.71. The normalized spacial score (nSPS) is 11.3. The Morgan fingerprint density at radius 3 is 2.00 bits per heavy atom. The van der Waals surface area contributed by atoms with Crippen LogP contribution < -0.4 is 10.2 Å². The van der Waals surface area contributed by atoms with Crippen LogP contribution in [-0.4, -0.2) is 18.1 Å². The predicted molar refractivity (Wildman–Crippen MR) is 181 cm³/mol. The van der Waals surface area contributed by atoms with Crippen LogP contribution in [0.25, 0.3) is 10.8 Å². The fraction of sp³-hybridized carbons (Fsp3) is 0.472. The van der Waals surface area contributed by atoms with E-state index in [2.05, 4.69) is 17.5 Å². The Hall–Kier alpha value is -2.89. The lowest BCUT2D eigenvalue weighted by Crippen LogP contribution is -2.17. The number of rotatable bonds is 20. The maximum absolute atomic E-state index is 12.9. The third-order valence-corrected chi connectivity index (χ3v) is 8.22. The molecule has 0 atom stereocenters. The van der Waals surface area contributed by atoms with Crippen LogP contribution in [0.2, 0.25) is 10.0 Å². The first-order valence-corrected chi connectivity index (χ1v) is 16.8. The number of halogens is 2. The number of hydrogen-bond acceptors (Lipinski definition) is 4. The maximum atomic E-state index is 12.9. The van der Waals surface area contributed by atoms with Crippen LogP contribution in [0.4, 0.5) is 0 Å². The fourth-order valence-electron chi connectivity index (χ4n) is 5.19. The van der Waals surface area contributed by atoms with Gasteiger partial charge in [0.1, 0.15) is 5.75 Å². The molecule has 0 spiro atoms. The number of hydrogen-bond donors (Lipinski definition) is 1. The van der Waals surface area contributed by atoms with E-state index >= 15 is 0 Å². The Balaban J connectivity index is 1.38. The highest BCUT2D eigenvalue weighted by Crippen LogP contribution is 2.29. The van der Waals surface area contributed by atoms with Crippen LogP contribution in [0.15, 0.2) is 59.7 Å². The smallest absolute Gasteiger partial charge is 0.345 e. The molecule has 0 radical (unpaired) electrons. The van der Waals surface area contributed by atoms with Gasteiger partial charge in [-0.1, -0.05) is 150 Å². The second-order valence-corrected chi connectivity index (χ2v) is 12.0. The summed E-state index contributed by atoms with van der Waals surface area (Å²) in [5.41, 5.74) is 3.42. The SMILES string of the molecule is CCCCCCCCCCCCCCCCCC(=O)N/N=C\c1c(OC(=O)c2ccc(Cl)cc2Cl)ccc2ccccc12. The van der Waals surface area contributed by atoms with Crippen LogP contribution in [0.1, 0.15) is 126 Å². The van der Waals surface area contributed by atoms with E-state index in [9.17, 15) is 9.59 Å². The van der Waals surface area contributed by atoms with Crippen LogP contribution in [0.5, 0.6) is 5.75 Å². The van der Waals surface area contributed by atoms with Crippen molar-refractivity contribution >= 4 is 52.1 Å². The van der Waals surface area contributed by atoms with Crippen molar-refractivity contribution < 1.29 is 14.3 Å². The zero-order valence-electron chi connectivity index (χ0n) is 25.5. The molecule has 0 fully saturated rings. The van der Waals surface area contributed by atoms with Crippen molar-refractivity contribution in [3.05, 3.63) is 75.8 Å². The molecule has 43 heavy (non-hydrogen) atoms. The molecule has 0 aromatic heterocycles. The quantitative estimate of drug-likeness (QED) is 0.0447. The van der Waals surface area contributed by atoms with Crippen molar-refractivity contribution in [2.45, 2.75) is 110 Å². The maximum Gasteiger partial charge on any atom is 0.345 e. The van der Waals surface area contributed by atoms with E-state index in [0.717, 1.165) is 30.0 Å². The van der Waals surface area contributed by atoms with Crippen LogP contribution in [0, 0.1) is 0 Å². The number of unbranched alkanes of at least 4 members (excludes halogenated alkanes) is 14. The van der Waals surface area contributed by atoms with E-state index in [1.807, 2.05) is 30.3 Å². The van der Waals surface area contributed by atoms with Gasteiger partial charge in [-0.3, -0.25) is 4.79 Å². The van der Waals surface area contributed by atoms with E-state index in [-0.39, 0.29) is 16.5 Å². The van der Waals surface area contributed by atoms with Gasteiger partial charge in [-0.25, -0.2) is 10.2 Å². The summed E-state index contributed by atoms with van der Waals surface area (Å²) in [6, 6.07) is 15.9. The van der Waals surface area contributed by atoms with Gasteiger partial charge in [0.2, 0.25) is 5.91 Å². The summed E-state index contributed by atoms with van der Waals surface area (Å²) in [5.74, 6) is -0.420. The van der Waals surface area contributed by atoms with Crippen LogP contribution in [0.3, 0.4) is 0 Å². The summed E-state index contributed by atoms with van der Waals surface area (Å²) >= 11 is 12.2. The first-order valence-electron chi connectivity index (χ1n) is 16.0. The van der Waals surface area contributed by atoms with Gasteiger partial charge in [0.05, 0.1) is 16.8 Å². The molecule has 0 saturated heterocycles. The minimum absolute atomic E-state index is 0.127. The number of ether oxygens (including phenoxy) is 1. The molecule has 0 aliphatic heterocycles. The number of benzene rings is 3. The fourth-order valence-corrected chi connectivity index (χ4v) is 5.67. The molecule has 3 aromatic rings. The Kier molecular flexibility index (Phi) is 16.2. The monoisotopic (exact) mass is 624 g/mol. The van der Waals surface area contributed by atoms with E-state index in [4.69, 9.17) is 27.9 Å². The molecular formula is C36H46Cl2N2O3. The highest BCUT2D eigenvalue weighted by molar-refractivity contribution is 6.36. The summed E-state index contributed by atoms with van der Waals surface area (Å²) in [6.45, 7) is 2.27. The molecule has 0 aliphatic rings. The number of carbonyl (C=O) groups excluding carboxylic acids is 2. The van der Waals surface area contributed by atoms with E-state index < -0.39 is 5.97 Å². The summed E-state index contributed by atoms with van der Waals surface area (Å²) in [7, 11) is 0. The molecule has 3 rings (SSSR count). The number of amides is 1. The Labute approximate surface area is 267 Å². The Bertz CT molecular complexity index is 1330. The van der Waals surface area contributed by atoms with Crippen LogP contribution in [-0.2, 0) is 4.79 Å². The number of hydrazone groups is 1. The number of esters is 1. The molecule has 0 unspecified atom stereocenters. The lowest BCUT2D eigenvalue weighted by atomic mass is 10.0. The van der Waals surface area contributed by atoms with Crippen molar-refractivity contribution in [2.75, 3.05) is 0 Å². The molecule has 3 aromatic carbocycles. The topological polar surface area (TPSA) is 67.8 Å². The first-order chi connectivity index (χ1) is 21.0. The molecule has 5 nitrogen and oxygen atoms in total. The Morgan fingerprint density at radius 2 is 1.37 bits per heavy atom. The first kappa shape index (κ1) is 34.6. The zero-order valence-corrected chi connectivity index (χ0v) is 27.0. The minimum atomic E-state index is -0.608. The minimum Gasteiger partial charge on any atom is -0.422 e. The van der Waals surface area contributed by atoms with Gasteiger partial charge in [0.25, 0.3) is 0 Å². The zero-order chi connectivity index (χ0) is 30.7. The van der Waals surface area contributed by atoms with Crippen molar-refractivity contribution in [1.82, 2.24) is 5.43 Å². The molecule has 0 bridgehead atoms. The Morgan fingerprint density at radius 1 is 0.767 bits per heavy atom. The lowest BCUT2D eigenvalue weighted by molar-refractivity contribution is -0.121. The average molecular weight is 626 g/mol. The van der Waals surface area contributed by atoms with Gasteiger partial charge in [-0.2, -0.15) is 5.10 Å². The lowest BCUT2D eigenvalue weighted by Gasteiger charge is -2.11. The van der Waals surface area contributed by atoms with Gasteiger partial charge >= 0.3 is 5.97 Å². The van der Waals surface area contributed by atoms with E-state index in [0.29, 0.717) is 22.8 Å². The largest absolute Gasteiger partial charge is 0.422 e. The highest BCUT2D eigenvalue weighted by Gasteiger charge is 2.16. The van der Waals surface area contributed by atoms with Gasteiger partial charge in [-0.05, 0) is 41.5 Å². The number of carbonyl (C=O) groups is 2. The molecule has 232 valence electrons. The molecule has 7 heteroatoms. The second kappa shape index (κ2) is 20.1. The number of nitrogens with zero attached hydrogens (tertiary/aromatic N) is 1. The standard InChI is InChI=1S/C36H46Cl2N2O3/c1-2-3-4-5-6-7-8-9-10-11-12-13-14-15-16-21-35(41)40-39-27-32-30-20-18-17-19-28(30)22-25-34(32)43-36(42)31-24-23-29(37)26-33(31)38/h17-20,22-27H,2-16,21H2,1H3,(H,40,41)/b39-27-. The van der Waals surface area contributed by atoms with E-state index in [1.165, 1.54) is 95.4 Å². The van der Waals surface area contributed by atoms with Crippen molar-refractivity contribution in [2.24, 2.45) is 5.10 Å². The molecule has 0 heterocycles. The van der Waals surface area contributed by atoms with Gasteiger partial charge < -0.3 is 4.74 Å². The van der Waals surface area contributed by atoms with Crippen LogP contribution >= 0.6 is 23.2 Å². The average Bonchev–Trinajstić information content (AvgIpc) is 3.00. The predicted octanol–water partition coefficient (Wildman–Crippen LogP) is 11.1. The number of fused-ring (bicyclic) bond motifs is 1. The van der Waals surface area contributed by atoms with Crippen molar-refractivity contribution in [3.8, 4) is 5.75 Å². The van der Waals surface area contributed by atoms with Gasteiger partial charge in [-0.15, -0.1) is 0 Å². The van der Waals surface area contributed by atoms with E-state index in [1.54, 1.807) is 12.1 Å². The van der Waals surface area contributed by atoms with Gasteiger partial charge in [0.15, 0.2) is 0 Å². The summed E-state index contributed by atoms with van der Waals surface area (Å²) in [5, 5.41) is 6.63. The highest BCUT2D eigenvalue weighted by atomic mass is 35.5. The van der Waals surface area contributed by atoms with Crippen molar-refractivity contribution in [3.63, 3.8) is 0 Å². The van der Waals surface area contributed by atoms with Crippen molar-refractivity contribution in [1.29, 1.82) is 0 Å². The molecule has 0 saturated carbocycles. The molecule has 0 aliphatic carbocycles.